The second kappa shape index (κ2) is 7.02. The van der Waals surface area contributed by atoms with Gasteiger partial charge < -0.3 is 9.47 Å². The maximum absolute atomic E-state index is 13.3. The van der Waals surface area contributed by atoms with Crippen LogP contribution in [0.25, 0.3) is 11.3 Å². The highest BCUT2D eigenvalue weighted by Gasteiger charge is 2.44. The predicted molar refractivity (Wildman–Crippen MR) is 91.0 cm³/mol. The molecule has 2 aliphatic heterocycles. The first-order valence-corrected chi connectivity index (χ1v) is 9.08. The summed E-state index contributed by atoms with van der Waals surface area (Å²) < 4.78 is 37.4. The van der Waals surface area contributed by atoms with Gasteiger partial charge in [0, 0.05) is 17.2 Å². The highest BCUT2D eigenvalue weighted by atomic mass is 32.2. The molecular formula is C18H16F2N2O3S. The molecule has 2 aromatic rings. The van der Waals surface area contributed by atoms with Crippen molar-refractivity contribution in [2.45, 2.75) is 42.6 Å². The van der Waals surface area contributed by atoms with E-state index in [0.717, 1.165) is 11.1 Å². The van der Waals surface area contributed by atoms with Crippen LogP contribution < -0.4 is 0 Å². The van der Waals surface area contributed by atoms with Crippen molar-refractivity contribution in [3.05, 3.63) is 41.6 Å². The second-order valence-electron chi connectivity index (χ2n) is 6.29. The van der Waals surface area contributed by atoms with Crippen LogP contribution in [0.1, 0.15) is 24.1 Å². The van der Waals surface area contributed by atoms with E-state index in [2.05, 4.69) is 9.97 Å². The number of Topliss-reactive ketones (excluding diaryl/α,β-unsaturated/α-hetero) is 1. The highest BCUT2D eigenvalue weighted by molar-refractivity contribution is 7.99. The van der Waals surface area contributed by atoms with Crippen molar-refractivity contribution in [2.75, 3.05) is 6.61 Å². The molecule has 2 aliphatic rings. The average molecular weight is 378 g/mol. The molecule has 1 aromatic carbocycles. The minimum Gasteiger partial charge on any atom is -0.343 e. The van der Waals surface area contributed by atoms with Crippen molar-refractivity contribution < 1.29 is 23.0 Å². The molecular weight excluding hydrogens is 362 g/mol. The molecule has 0 amide bonds. The molecule has 26 heavy (non-hydrogen) atoms. The van der Waals surface area contributed by atoms with E-state index in [0.29, 0.717) is 12.3 Å². The standard InChI is InChI=1S/C18H16F2N2O3S/c1-9-2-4-10(5-3-9)11-6-12(16(19)20)22-18(21-11)26-15-7-13(23)17-24-8-14(15)25-17/h2-6,14-17H,7-8H2,1H3/t14-,15-,17-/m1/s1. The van der Waals surface area contributed by atoms with Crippen molar-refractivity contribution in [3.63, 3.8) is 0 Å². The van der Waals surface area contributed by atoms with Gasteiger partial charge >= 0.3 is 0 Å². The number of aromatic nitrogens is 2. The maximum atomic E-state index is 13.3. The third-order valence-corrected chi connectivity index (χ3v) is 5.51. The fourth-order valence-corrected chi connectivity index (χ4v) is 4.06. The quantitative estimate of drug-likeness (QED) is 0.758. The smallest absolute Gasteiger partial charge is 0.280 e. The average Bonchev–Trinajstić information content (AvgIpc) is 3.06. The van der Waals surface area contributed by atoms with Gasteiger partial charge in [0.2, 0.25) is 6.29 Å². The van der Waals surface area contributed by atoms with Crippen LogP contribution in [-0.2, 0) is 14.3 Å². The Kier molecular flexibility index (Phi) is 4.73. The largest absolute Gasteiger partial charge is 0.343 e. The molecule has 4 rings (SSSR count). The van der Waals surface area contributed by atoms with Crippen molar-refractivity contribution in [1.29, 1.82) is 0 Å². The van der Waals surface area contributed by atoms with E-state index >= 15 is 0 Å². The van der Waals surface area contributed by atoms with Gasteiger partial charge in [-0.2, -0.15) is 0 Å². The molecule has 1 aromatic heterocycles. The Morgan fingerprint density at radius 1 is 1.23 bits per heavy atom. The lowest BCUT2D eigenvalue weighted by Crippen LogP contribution is -2.37. The van der Waals surface area contributed by atoms with Gasteiger partial charge in [0.15, 0.2) is 10.9 Å². The summed E-state index contributed by atoms with van der Waals surface area (Å²) in [7, 11) is 0. The maximum Gasteiger partial charge on any atom is 0.280 e. The van der Waals surface area contributed by atoms with E-state index in [-0.39, 0.29) is 34.4 Å². The van der Waals surface area contributed by atoms with Crippen LogP contribution in [0.4, 0.5) is 8.78 Å². The molecule has 0 N–H and O–H groups in total. The number of nitrogens with zero attached hydrogens (tertiary/aromatic N) is 2. The van der Waals surface area contributed by atoms with Crippen molar-refractivity contribution in [3.8, 4) is 11.3 Å². The van der Waals surface area contributed by atoms with E-state index in [1.807, 2.05) is 31.2 Å². The number of alkyl halides is 2. The molecule has 2 saturated heterocycles. The van der Waals surface area contributed by atoms with Gasteiger partial charge in [-0.1, -0.05) is 41.6 Å². The number of thioether (sulfide) groups is 1. The number of carbonyl (C=O) groups excluding carboxylic acids is 1. The van der Waals surface area contributed by atoms with Gasteiger partial charge in [-0.25, -0.2) is 18.7 Å². The molecule has 2 fully saturated rings. The van der Waals surface area contributed by atoms with Gasteiger partial charge in [0.1, 0.15) is 5.69 Å². The number of benzene rings is 1. The molecule has 5 nitrogen and oxygen atoms in total. The zero-order valence-corrected chi connectivity index (χ0v) is 14.7. The predicted octanol–water partition coefficient (Wildman–Crippen LogP) is 3.56. The molecule has 3 atom stereocenters. The summed E-state index contributed by atoms with van der Waals surface area (Å²) >= 11 is 1.19. The molecule has 3 heterocycles. The van der Waals surface area contributed by atoms with Crippen LogP contribution in [0.2, 0.25) is 0 Å². The number of carbonyl (C=O) groups is 1. The third kappa shape index (κ3) is 3.49. The van der Waals surface area contributed by atoms with Gasteiger partial charge in [0.05, 0.1) is 18.4 Å². The van der Waals surface area contributed by atoms with E-state index in [1.165, 1.54) is 17.8 Å². The lowest BCUT2D eigenvalue weighted by molar-refractivity contribution is -0.151. The first-order valence-electron chi connectivity index (χ1n) is 8.20. The fraction of sp³-hybridized carbons (Fsp3) is 0.389. The van der Waals surface area contributed by atoms with Gasteiger partial charge in [-0.15, -0.1) is 0 Å². The summed E-state index contributed by atoms with van der Waals surface area (Å²) in [6.45, 7) is 2.26. The summed E-state index contributed by atoms with van der Waals surface area (Å²) in [4.78, 5) is 20.3. The van der Waals surface area contributed by atoms with E-state index in [1.54, 1.807) is 0 Å². The monoisotopic (exact) mass is 378 g/mol. The summed E-state index contributed by atoms with van der Waals surface area (Å²) in [6.07, 6.45) is -3.50. The number of fused-ring (bicyclic) bond motifs is 2. The number of aryl methyl sites for hydroxylation is 1. The zero-order chi connectivity index (χ0) is 18.3. The Morgan fingerprint density at radius 3 is 2.73 bits per heavy atom. The van der Waals surface area contributed by atoms with Crippen LogP contribution >= 0.6 is 11.8 Å². The molecule has 0 spiro atoms. The molecule has 8 heteroatoms. The number of ether oxygens (including phenoxy) is 2. The number of halogens is 2. The van der Waals surface area contributed by atoms with Crippen molar-refractivity contribution in [1.82, 2.24) is 9.97 Å². The lowest BCUT2D eigenvalue weighted by Gasteiger charge is -2.25. The SMILES string of the molecule is Cc1ccc(-c2cc(C(F)F)nc(S[C@@H]3CC(=O)[C@@H]4OC[C@H]3O4)n2)cc1. The van der Waals surface area contributed by atoms with Crippen LogP contribution in [0, 0.1) is 6.92 Å². The number of hydrogen-bond donors (Lipinski definition) is 0. The topological polar surface area (TPSA) is 61.3 Å². The number of rotatable bonds is 4. The minimum absolute atomic E-state index is 0.139. The van der Waals surface area contributed by atoms with Crippen LogP contribution in [-0.4, -0.2) is 40.0 Å². The van der Waals surface area contributed by atoms with E-state index in [9.17, 15) is 13.6 Å². The summed E-state index contributed by atoms with van der Waals surface area (Å²) in [6, 6.07) is 8.77. The minimum atomic E-state index is -2.70. The van der Waals surface area contributed by atoms with Crippen LogP contribution in [0.3, 0.4) is 0 Å². The van der Waals surface area contributed by atoms with E-state index < -0.39 is 12.7 Å². The van der Waals surface area contributed by atoms with Crippen molar-refractivity contribution >= 4 is 17.5 Å². The number of hydrogen-bond acceptors (Lipinski definition) is 6. The molecule has 136 valence electrons. The third-order valence-electron chi connectivity index (χ3n) is 4.34. The Labute approximate surface area is 153 Å². The second-order valence-corrected chi connectivity index (χ2v) is 7.50. The Hall–Kier alpha value is -1.90. The molecule has 0 aliphatic carbocycles. The first kappa shape index (κ1) is 17.5. The lowest BCUT2D eigenvalue weighted by atomic mass is 10.1. The Bertz CT molecular complexity index is 832. The zero-order valence-electron chi connectivity index (χ0n) is 13.9. The fourth-order valence-electron chi connectivity index (χ4n) is 2.94. The van der Waals surface area contributed by atoms with Crippen LogP contribution in [0.5, 0.6) is 0 Å². The normalized spacial score (nSPS) is 25.1. The summed E-state index contributed by atoms with van der Waals surface area (Å²) in [5, 5.41) is -0.0369. The summed E-state index contributed by atoms with van der Waals surface area (Å²) in [5.74, 6) is -0.139. The Balaban J connectivity index is 1.65. The summed E-state index contributed by atoms with van der Waals surface area (Å²) in [5.41, 5.74) is 1.91. The van der Waals surface area contributed by atoms with Crippen LogP contribution in [0.15, 0.2) is 35.5 Å². The molecule has 2 bridgehead atoms. The van der Waals surface area contributed by atoms with E-state index in [4.69, 9.17) is 9.47 Å². The molecule has 0 radical (unpaired) electrons. The van der Waals surface area contributed by atoms with Gasteiger partial charge in [0.25, 0.3) is 6.43 Å². The highest BCUT2D eigenvalue weighted by Crippen LogP contribution is 2.36. The molecule has 0 saturated carbocycles. The van der Waals surface area contributed by atoms with Gasteiger partial charge in [-0.05, 0) is 13.0 Å². The first-order chi connectivity index (χ1) is 12.5. The van der Waals surface area contributed by atoms with Gasteiger partial charge in [-0.3, -0.25) is 4.79 Å². The van der Waals surface area contributed by atoms with Crippen molar-refractivity contribution in [2.24, 2.45) is 0 Å². The Morgan fingerprint density at radius 2 is 2.00 bits per heavy atom. The number of ketones is 1. The molecule has 0 unspecified atom stereocenters.